The Labute approximate surface area is 200 Å². The van der Waals surface area contributed by atoms with Crippen LogP contribution >= 0.6 is 16.0 Å². The Balaban J connectivity index is 3.89. The minimum absolute atomic E-state index is 0.183. The summed E-state index contributed by atoms with van der Waals surface area (Å²) in [6.45, 7) is 14.8. The molecular formula is C23H40O8P2. The number of benzene rings is 1. The lowest BCUT2D eigenvalue weighted by atomic mass is 10.1. The highest BCUT2D eigenvalue weighted by Crippen LogP contribution is 2.71. The molecule has 0 aromatic heterocycles. The van der Waals surface area contributed by atoms with E-state index in [1.807, 2.05) is 27.7 Å². The molecule has 0 aliphatic heterocycles. The van der Waals surface area contributed by atoms with Gasteiger partial charge < -0.3 is 32.3 Å². The molecule has 33 heavy (non-hydrogen) atoms. The first-order valence-corrected chi connectivity index (χ1v) is 13.7. The van der Waals surface area contributed by atoms with Gasteiger partial charge in [-0.15, -0.1) is 0 Å². The summed E-state index contributed by atoms with van der Waals surface area (Å²) < 4.78 is 54.8. The molecule has 8 nitrogen and oxygen atoms in total. The highest BCUT2D eigenvalue weighted by Gasteiger charge is 2.41. The first-order valence-electron chi connectivity index (χ1n) is 11.0. The molecule has 0 saturated carbocycles. The maximum Gasteiger partial charge on any atom is 0.366 e. The second-order valence-corrected chi connectivity index (χ2v) is 12.0. The van der Waals surface area contributed by atoms with E-state index in [0.717, 1.165) is 0 Å². The molecule has 0 saturated heterocycles. The molecule has 0 amide bonds. The lowest BCUT2D eigenvalue weighted by Gasteiger charge is -2.30. The van der Waals surface area contributed by atoms with Gasteiger partial charge in [-0.3, -0.25) is 4.57 Å². The number of hydrogen-bond acceptors (Lipinski definition) is 8. The fourth-order valence-electron chi connectivity index (χ4n) is 2.74. The molecule has 0 radical (unpaired) electrons. The molecule has 0 unspecified atom stereocenters. The van der Waals surface area contributed by atoms with E-state index in [1.54, 1.807) is 67.2 Å². The van der Waals surface area contributed by atoms with Gasteiger partial charge >= 0.3 is 7.60 Å². The maximum absolute atomic E-state index is 14.3. The Bertz CT molecular complexity index is 797. The zero-order valence-electron chi connectivity index (χ0n) is 21.7. The molecule has 10 heteroatoms. The van der Waals surface area contributed by atoms with Gasteiger partial charge in [-0.25, -0.2) is 0 Å². The second kappa shape index (κ2) is 13.7. The van der Waals surface area contributed by atoms with E-state index in [1.165, 1.54) is 0 Å². The van der Waals surface area contributed by atoms with Crippen molar-refractivity contribution in [3.8, 4) is 17.2 Å². The lowest BCUT2D eigenvalue weighted by Crippen LogP contribution is -2.12. The van der Waals surface area contributed by atoms with Crippen LogP contribution in [0.3, 0.4) is 0 Å². The van der Waals surface area contributed by atoms with E-state index < -0.39 is 16.0 Å². The molecule has 0 N–H and O–H groups in total. The Kier molecular flexibility index (Phi) is 12.4. The van der Waals surface area contributed by atoms with Gasteiger partial charge in [0.15, 0.2) is 11.5 Å². The number of hydrogen-bond donors (Lipinski definition) is 0. The minimum Gasteiger partial charge on any atom is -0.496 e. The van der Waals surface area contributed by atoms with Gasteiger partial charge in [0.05, 0.1) is 45.7 Å². The fourth-order valence-corrected chi connectivity index (χ4v) is 7.06. The van der Waals surface area contributed by atoms with Crippen molar-refractivity contribution in [2.45, 2.75) is 79.8 Å². The first kappa shape index (κ1) is 29.9. The van der Waals surface area contributed by atoms with E-state index in [0.29, 0.717) is 27.9 Å². The van der Waals surface area contributed by atoms with Gasteiger partial charge in [-0.05, 0) is 67.5 Å². The van der Waals surface area contributed by atoms with Crippen molar-refractivity contribution in [3.63, 3.8) is 0 Å². The van der Waals surface area contributed by atoms with E-state index in [9.17, 15) is 4.57 Å². The number of ether oxygens (including phenoxy) is 3. The van der Waals surface area contributed by atoms with E-state index in [2.05, 4.69) is 0 Å². The normalized spacial score (nSPS) is 13.0. The van der Waals surface area contributed by atoms with Crippen LogP contribution < -0.4 is 14.2 Å². The van der Waals surface area contributed by atoms with Crippen molar-refractivity contribution in [2.75, 3.05) is 21.3 Å². The van der Waals surface area contributed by atoms with Gasteiger partial charge in [-0.1, -0.05) is 0 Å². The van der Waals surface area contributed by atoms with Crippen LogP contribution in [-0.4, -0.2) is 45.7 Å². The standard InChI is InChI=1S/C23H40O8P2/c1-15(2)28-32(29-16(3)4)23(33(24,30-17(5)6)31-18(7)8)13-19-12-21(26-10)22(27-11)14-20(19)25-9/h12-18H,1-11H3/b23-13+. The van der Waals surface area contributed by atoms with E-state index >= 15 is 0 Å². The summed E-state index contributed by atoms with van der Waals surface area (Å²) in [4.78, 5) is 0. The lowest BCUT2D eigenvalue weighted by molar-refractivity contribution is 0.146. The third kappa shape index (κ3) is 9.20. The summed E-state index contributed by atoms with van der Waals surface area (Å²) in [5.74, 6) is 1.49. The Morgan fingerprint density at radius 3 is 1.52 bits per heavy atom. The zero-order chi connectivity index (χ0) is 25.3. The molecule has 0 heterocycles. The third-order valence-corrected chi connectivity index (χ3v) is 8.84. The van der Waals surface area contributed by atoms with Crippen LogP contribution in [0.4, 0.5) is 0 Å². The summed E-state index contributed by atoms with van der Waals surface area (Å²) in [6, 6.07) is 3.44. The predicted octanol–water partition coefficient (Wildman–Crippen LogP) is 7.22. The topological polar surface area (TPSA) is 81.7 Å². The predicted molar refractivity (Wildman–Crippen MR) is 133 cm³/mol. The average Bonchev–Trinajstić information content (AvgIpc) is 2.68. The number of rotatable bonds is 14. The molecule has 1 rings (SSSR count). The van der Waals surface area contributed by atoms with Gasteiger partial charge in [-0.2, -0.15) is 0 Å². The summed E-state index contributed by atoms with van der Waals surface area (Å²) in [6.07, 6.45) is 0.609. The van der Waals surface area contributed by atoms with Crippen LogP contribution in [0.2, 0.25) is 0 Å². The Morgan fingerprint density at radius 2 is 1.15 bits per heavy atom. The molecule has 0 aliphatic carbocycles. The monoisotopic (exact) mass is 506 g/mol. The molecule has 0 fully saturated rings. The second-order valence-electron chi connectivity index (χ2n) is 8.32. The smallest absolute Gasteiger partial charge is 0.366 e. The third-order valence-electron chi connectivity index (χ3n) is 3.80. The Hall–Kier alpha value is -1.14. The highest BCUT2D eigenvalue weighted by atomic mass is 31.2. The van der Waals surface area contributed by atoms with Gasteiger partial charge in [0, 0.05) is 11.6 Å². The molecule has 1 aromatic rings. The van der Waals surface area contributed by atoms with Crippen LogP contribution in [0, 0.1) is 0 Å². The van der Waals surface area contributed by atoms with Crippen LogP contribution in [0.1, 0.15) is 61.0 Å². The Morgan fingerprint density at radius 1 is 0.727 bits per heavy atom. The van der Waals surface area contributed by atoms with E-state index in [4.69, 9.17) is 32.3 Å². The van der Waals surface area contributed by atoms with Crippen molar-refractivity contribution in [1.82, 2.24) is 0 Å². The molecule has 0 bridgehead atoms. The maximum atomic E-state index is 14.3. The molecule has 0 spiro atoms. The van der Waals surface area contributed by atoms with Crippen LogP contribution in [0.15, 0.2) is 17.2 Å². The van der Waals surface area contributed by atoms with Crippen LogP contribution in [0.25, 0.3) is 6.08 Å². The van der Waals surface area contributed by atoms with Crippen molar-refractivity contribution in [3.05, 3.63) is 22.8 Å². The SMILES string of the molecule is COc1cc(OC)c(OC)cc1/C=C(\P(OC(C)C)OC(C)C)P(=O)(OC(C)C)OC(C)C. The summed E-state index contributed by atoms with van der Waals surface area (Å²) >= 11 is 0. The van der Waals surface area contributed by atoms with Crippen molar-refractivity contribution in [1.29, 1.82) is 0 Å². The summed E-state index contributed by atoms with van der Waals surface area (Å²) in [5, 5.41) is 0.299. The minimum atomic E-state index is -3.84. The molecule has 1 aromatic carbocycles. The molecule has 190 valence electrons. The average molecular weight is 507 g/mol. The first-order chi connectivity index (χ1) is 15.4. The van der Waals surface area contributed by atoms with E-state index in [-0.39, 0.29) is 24.4 Å². The van der Waals surface area contributed by atoms with Crippen LogP contribution in [0.5, 0.6) is 17.2 Å². The van der Waals surface area contributed by atoms with Crippen molar-refractivity contribution < 1.29 is 36.9 Å². The highest BCUT2D eigenvalue weighted by molar-refractivity contribution is 7.76. The van der Waals surface area contributed by atoms with Gasteiger partial charge in [0.1, 0.15) is 10.8 Å². The van der Waals surface area contributed by atoms with Gasteiger partial charge in [0.2, 0.25) is 8.38 Å². The van der Waals surface area contributed by atoms with Gasteiger partial charge in [0.25, 0.3) is 0 Å². The quantitative estimate of drug-likeness (QED) is 0.245. The molecule has 0 atom stereocenters. The van der Waals surface area contributed by atoms with Crippen molar-refractivity contribution in [2.24, 2.45) is 0 Å². The summed E-state index contributed by atoms with van der Waals surface area (Å²) in [7, 11) is -0.995. The summed E-state index contributed by atoms with van der Waals surface area (Å²) in [5.41, 5.74) is 0.595. The van der Waals surface area contributed by atoms with Crippen LogP contribution in [-0.2, 0) is 22.7 Å². The van der Waals surface area contributed by atoms with Crippen molar-refractivity contribution >= 4 is 22.0 Å². The zero-order valence-corrected chi connectivity index (χ0v) is 23.5. The molecule has 0 aliphatic rings. The number of methoxy groups -OCH3 is 3. The fraction of sp³-hybridized carbons (Fsp3) is 0.652. The largest absolute Gasteiger partial charge is 0.496 e. The molecular weight excluding hydrogens is 466 g/mol.